The lowest BCUT2D eigenvalue weighted by atomic mass is 9.82. The van der Waals surface area contributed by atoms with E-state index >= 15 is 4.39 Å². The summed E-state index contributed by atoms with van der Waals surface area (Å²) in [5.41, 5.74) is 6.42. The van der Waals surface area contributed by atoms with E-state index in [0.29, 0.717) is 17.5 Å². The van der Waals surface area contributed by atoms with Crippen LogP contribution in [0.4, 0.5) is 8.78 Å². The number of fused-ring (bicyclic) bond motifs is 3. The van der Waals surface area contributed by atoms with Crippen LogP contribution in [0.25, 0.3) is 22.3 Å². The van der Waals surface area contributed by atoms with E-state index in [-0.39, 0.29) is 10.8 Å². The number of hydrogen-bond donors (Lipinski definition) is 0. The van der Waals surface area contributed by atoms with Crippen LogP contribution >= 0.6 is 11.6 Å². The highest BCUT2D eigenvalue weighted by Crippen LogP contribution is 2.39. The zero-order chi connectivity index (χ0) is 20.4. The zero-order valence-electron chi connectivity index (χ0n) is 16.7. The third-order valence-electron chi connectivity index (χ3n) is 5.90. The molecule has 0 bridgehead atoms. The summed E-state index contributed by atoms with van der Waals surface area (Å²) in [5.74, 6) is -0.781. The number of halogens is 3. The topological polar surface area (TPSA) is 0 Å². The molecule has 3 aromatic rings. The molecule has 0 aromatic heterocycles. The third-order valence-corrected chi connectivity index (χ3v) is 6.20. The van der Waals surface area contributed by atoms with Crippen LogP contribution in [0, 0.1) is 11.6 Å². The number of rotatable bonds is 6. The Morgan fingerprint density at radius 1 is 0.828 bits per heavy atom. The minimum atomic E-state index is -0.530. The quantitative estimate of drug-likeness (QED) is 0.359. The summed E-state index contributed by atoms with van der Waals surface area (Å²) in [7, 11) is 0. The summed E-state index contributed by atoms with van der Waals surface area (Å²) >= 11 is 5.77. The van der Waals surface area contributed by atoms with E-state index in [9.17, 15) is 4.39 Å². The average molecular weight is 411 g/mol. The maximum atomic E-state index is 15.3. The van der Waals surface area contributed by atoms with Crippen molar-refractivity contribution < 1.29 is 8.78 Å². The summed E-state index contributed by atoms with van der Waals surface area (Å²) in [6, 6.07) is 14.8. The van der Waals surface area contributed by atoms with Crippen LogP contribution in [-0.4, -0.2) is 0 Å². The van der Waals surface area contributed by atoms with E-state index in [4.69, 9.17) is 11.6 Å². The molecular formula is C26H25ClF2. The van der Waals surface area contributed by atoms with Gasteiger partial charge in [-0.3, -0.25) is 0 Å². The molecule has 0 amide bonds. The van der Waals surface area contributed by atoms with Crippen molar-refractivity contribution in [2.45, 2.75) is 51.9 Å². The van der Waals surface area contributed by atoms with Crippen molar-refractivity contribution in [1.82, 2.24) is 0 Å². The first-order chi connectivity index (χ1) is 14.1. The van der Waals surface area contributed by atoms with Crippen LogP contribution in [0.15, 0.2) is 48.5 Å². The average Bonchev–Trinajstić information content (AvgIpc) is 2.73. The second-order valence-electron chi connectivity index (χ2n) is 7.88. The number of benzene rings is 3. The van der Waals surface area contributed by atoms with Gasteiger partial charge in [-0.1, -0.05) is 74.2 Å². The Kier molecular flexibility index (Phi) is 6.01. The van der Waals surface area contributed by atoms with Gasteiger partial charge in [-0.25, -0.2) is 8.78 Å². The van der Waals surface area contributed by atoms with Crippen molar-refractivity contribution in [3.63, 3.8) is 0 Å². The second kappa shape index (κ2) is 8.67. The SMILES string of the molecule is CCCCCCc1ccc2c(c1)CCc1c-2ccc(-c2ccc(Cl)c(F)c2)c1F. The smallest absolute Gasteiger partial charge is 0.142 e. The lowest BCUT2D eigenvalue weighted by Gasteiger charge is -2.22. The standard InChI is InChI=1S/C26H25ClF2/c1-2-3-4-5-6-17-7-10-20-18(15-17)8-11-23-22(20)13-12-21(26(23)29)19-9-14-24(27)25(28)16-19/h7,9-10,12-16H,2-6,8,11H2,1H3. The monoisotopic (exact) mass is 410 g/mol. The molecule has 0 nitrogen and oxygen atoms in total. The lowest BCUT2D eigenvalue weighted by Crippen LogP contribution is -2.08. The van der Waals surface area contributed by atoms with E-state index in [1.54, 1.807) is 12.1 Å². The molecule has 0 aliphatic heterocycles. The Hall–Kier alpha value is -2.19. The third kappa shape index (κ3) is 4.09. The van der Waals surface area contributed by atoms with Gasteiger partial charge < -0.3 is 0 Å². The fraction of sp³-hybridized carbons (Fsp3) is 0.308. The van der Waals surface area contributed by atoms with E-state index < -0.39 is 5.82 Å². The minimum Gasteiger partial charge on any atom is -0.206 e. The van der Waals surface area contributed by atoms with Crippen molar-refractivity contribution in [2.75, 3.05) is 0 Å². The number of aryl methyl sites for hydroxylation is 2. The van der Waals surface area contributed by atoms with Crippen LogP contribution in [0.5, 0.6) is 0 Å². The molecule has 0 saturated heterocycles. The van der Waals surface area contributed by atoms with E-state index in [1.165, 1.54) is 48.9 Å². The van der Waals surface area contributed by atoms with Crippen molar-refractivity contribution in [1.29, 1.82) is 0 Å². The molecule has 3 heteroatoms. The molecule has 1 aliphatic rings. The molecule has 29 heavy (non-hydrogen) atoms. The first-order valence-electron chi connectivity index (χ1n) is 10.5. The lowest BCUT2D eigenvalue weighted by molar-refractivity contribution is 0.610. The van der Waals surface area contributed by atoms with Gasteiger partial charge in [-0.05, 0) is 71.2 Å². The molecule has 0 heterocycles. The van der Waals surface area contributed by atoms with Crippen LogP contribution in [0.3, 0.4) is 0 Å². The predicted octanol–water partition coefficient (Wildman–Crippen LogP) is 8.17. The predicted molar refractivity (Wildman–Crippen MR) is 117 cm³/mol. The van der Waals surface area contributed by atoms with Gasteiger partial charge >= 0.3 is 0 Å². The summed E-state index contributed by atoms with van der Waals surface area (Å²) in [4.78, 5) is 0. The molecule has 0 spiro atoms. The zero-order valence-corrected chi connectivity index (χ0v) is 17.5. The fourth-order valence-electron chi connectivity index (χ4n) is 4.29. The first-order valence-corrected chi connectivity index (χ1v) is 10.8. The van der Waals surface area contributed by atoms with Crippen molar-refractivity contribution >= 4 is 11.6 Å². The van der Waals surface area contributed by atoms with Gasteiger partial charge in [0, 0.05) is 5.56 Å². The Bertz CT molecular complexity index is 1040. The Morgan fingerprint density at radius 3 is 2.41 bits per heavy atom. The van der Waals surface area contributed by atoms with Crippen molar-refractivity contribution in [2.24, 2.45) is 0 Å². The van der Waals surface area contributed by atoms with Crippen LogP contribution in [0.2, 0.25) is 5.02 Å². The minimum absolute atomic E-state index is 0.0477. The van der Waals surface area contributed by atoms with Crippen LogP contribution in [0.1, 0.15) is 49.3 Å². The van der Waals surface area contributed by atoms with Gasteiger partial charge in [-0.2, -0.15) is 0 Å². The van der Waals surface area contributed by atoms with Crippen molar-refractivity contribution in [3.8, 4) is 22.3 Å². The molecule has 0 N–H and O–H groups in total. The Labute approximate surface area is 176 Å². The van der Waals surface area contributed by atoms with Gasteiger partial charge in [0.1, 0.15) is 11.6 Å². The Balaban J connectivity index is 1.64. The highest BCUT2D eigenvalue weighted by Gasteiger charge is 2.22. The van der Waals surface area contributed by atoms with Crippen LogP contribution in [-0.2, 0) is 19.3 Å². The molecule has 3 aromatic carbocycles. The van der Waals surface area contributed by atoms with E-state index in [0.717, 1.165) is 29.5 Å². The Morgan fingerprint density at radius 2 is 1.62 bits per heavy atom. The van der Waals surface area contributed by atoms with Gasteiger partial charge in [0.2, 0.25) is 0 Å². The summed E-state index contributed by atoms with van der Waals surface area (Å²) < 4.78 is 29.2. The molecular weight excluding hydrogens is 386 g/mol. The molecule has 1 aliphatic carbocycles. The van der Waals surface area contributed by atoms with Crippen molar-refractivity contribution in [3.05, 3.63) is 81.9 Å². The normalized spacial score (nSPS) is 12.6. The van der Waals surface area contributed by atoms with E-state index in [2.05, 4.69) is 25.1 Å². The van der Waals surface area contributed by atoms with Gasteiger partial charge in [0.15, 0.2) is 0 Å². The van der Waals surface area contributed by atoms with Gasteiger partial charge in [-0.15, -0.1) is 0 Å². The second-order valence-corrected chi connectivity index (χ2v) is 8.29. The van der Waals surface area contributed by atoms with Gasteiger partial charge in [0.25, 0.3) is 0 Å². The summed E-state index contributed by atoms with van der Waals surface area (Å²) in [6.45, 7) is 2.23. The molecule has 150 valence electrons. The van der Waals surface area contributed by atoms with Crippen LogP contribution < -0.4 is 0 Å². The molecule has 0 radical (unpaired) electrons. The highest BCUT2D eigenvalue weighted by atomic mass is 35.5. The van der Waals surface area contributed by atoms with E-state index in [1.807, 2.05) is 6.07 Å². The van der Waals surface area contributed by atoms with Gasteiger partial charge in [0.05, 0.1) is 5.02 Å². The molecule has 0 unspecified atom stereocenters. The maximum Gasteiger partial charge on any atom is 0.142 e. The summed E-state index contributed by atoms with van der Waals surface area (Å²) in [6.07, 6.45) is 7.64. The summed E-state index contributed by atoms with van der Waals surface area (Å²) in [5, 5.41) is 0.0477. The fourth-order valence-corrected chi connectivity index (χ4v) is 4.41. The molecule has 0 atom stereocenters. The number of hydrogen-bond acceptors (Lipinski definition) is 0. The maximum absolute atomic E-state index is 15.3. The first kappa shape index (κ1) is 20.1. The largest absolute Gasteiger partial charge is 0.206 e. The molecule has 4 rings (SSSR count). The molecule has 0 fully saturated rings. The highest BCUT2D eigenvalue weighted by molar-refractivity contribution is 6.30. The molecule has 0 saturated carbocycles. The number of unbranched alkanes of at least 4 members (excludes halogenated alkanes) is 3.